The molecule has 0 bridgehead atoms. The van der Waals surface area contributed by atoms with Gasteiger partial charge >= 0.3 is 0 Å². The maximum absolute atomic E-state index is 12.8. The van der Waals surface area contributed by atoms with Crippen LogP contribution in [0.3, 0.4) is 0 Å². The predicted molar refractivity (Wildman–Crippen MR) is 73.9 cm³/mol. The third-order valence-electron chi connectivity index (χ3n) is 3.63. The summed E-state index contributed by atoms with van der Waals surface area (Å²) in [6, 6.07) is 10.9. The first-order valence-electron chi connectivity index (χ1n) is 6.65. The van der Waals surface area contributed by atoms with Crippen molar-refractivity contribution in [3.8, 4) is 0 Å². The van der Waals surface area contributed by atoms with Gasteiger partial charge in [-0.3, -0.25) is 9.59 Å². The van der Waals surface area contributed by atoms with Crippen molar-refractivity contribution in [1.82, 2.24) is 15.4 Å². The van der Waals surface area contributed by atoms with Crippen molar-refractivity contribution in [3.63, 3.8) is 0 Å². The molecule has 0 spiro atoms. The summed E-state index contributed by atoms with van der Waals surface area (Å²) in [6.45, 7) is 1.96. The van der Waals surface area contributed by atoms with E-state index in [0.717, 1.165) is 5.56 Å². The predicted octanol–water partition coefficient (Wildman–Crippen LogP) is 1.05. The molecule has 1 aliphatic heterocycles. The van der Waals surface area contributed by atoms with Crippen LogP contribution >= 0.6 is 0 Å². The molecule has 1 atom stereocenters. The molecular weight excluding hydrogens is 270 g/mol. The number of nitrogens with one attached hydrogen (secondary N) is 1. The molecule has 1 aliphatic rings. The minimum atomic E-state index is -1.06. The Balaban J connectivity index is 1.91. The van der Waals surface area contributed by atoms with Gasteiger partial charge in [0.25, 0.3) is 5.91 Å². The molecule has 2 amide bonds. The van der Waals surface area contributed by atoms with Crippen LogP contribution < -0.4 is 5.32 Å². The second-order valence-corrected chi connectivity index (χ2v) is 5.18. The smallest absolute Gasteiger partial charge is 0.253 e. The highest BCUT2D eigenvalue weighted by molar-refractivity contribution is 5.98. The van der Waals surface area contributed by atoms with E-state index in [1.54, 1.807) is 13.0 Å². The molecule has 0 aliphatic carbocycles. The molecule has 1 aromatic carbocycles. The van der Waals surface area contributed by atoms with Crippen LogP contribution in [0.4, 0.5) is 0 Å². The van der Waals surface area contributed by atoms with Crippen molar-refractivity contribution < 1.29 is 14.1 Å². The first kappa shape index (κ1) is 13.4. The molecule has 1 fully saturated rings. The lowest BCUT2D eigenvalue weighted by molar-refractivity contribution is -0.150. The Morgan fingerprint density at radius 3 is 2.71 bits per heavy atom. The number of benzene rings is 1. The molecule has 1 N–H and O–H groups in total. The molecular formula is C15H15N3O3. The number of rotatable bonds is 3. The molecule has 0 radical (unpaired) electrons. The molecule has 2 aromatic rings. The van der Waals surface area contributed by atoms with Crippen LogP contribution in [0.1, 0.15) is 18.2 Å². The Morgan fingerprint density at radius 2 is 2.05 bits per heavy atom. The van der Waals surface area contributed by atoms with Crippen molar-refractivity contribution in [2.24, 2.45) is 0 Å². The zero-order valence-corrected chi connectivity index (χ0v) is 11.6. The van der Waals surface area contributed by atoms with Crippen LogP contribution in [-0.2, 0) is 21.7 Å². The fourth-order valence-corrected chi connectivity index (χ4v) is 2.54. The number of hydrogen-bond acceptors (Lipinski definition) is 4. The molecule has 1 aromatic heterocycles. The van der Waals surface area contributed by atoms with Gasteiger partial charge in [-0.1, -0.05) is 35.5 Å². The molecule has 21 heavy (non-hydrogen) atoms. The number of amides is 2. The highest BCUT2D eigenvalue weighted by atomic mass is 16.5. The highest BCUT2D eigenvalue weighted by Gasteiger charge is 2.44. The molecule has 3 rings (SSSR count). The Morgan fingerprint density at radius 1 is 1.29 bits per heavy atom. The van der Waals surface area contributed by atoms with Crippen molar-refractivity contribution in [2.75, 3.05) is 6.54 Å². The molecule has 6 heteroatoms. The van der Waals surface area contributed by atoms with Crippen LogP contribution in [-0.4, -0.2) is 28.4 Å². The van der Waals surface area contributed by atoms with Gasteiger partial charge in [0.05, 0.1) is 12.7 Å². The van der Waals surface area contributed by atoms with Gasteiger partial charge in [-0.15, -0.1) is 0 Å². The Hall–Kier alpha value is -2.63. The van der Waals surface area contributed by atoms with Crippen molar-refractivity contribution >= 4 is 11.8 Å². The summed E-state index contributed by atoms with van der Waals surface area (Å²) in [5.74, 6) is 0.193. The first-order valence-corrected chi connectivity index (χ1v) is 6.65. The van der Waals surface area contributed by atoms with Crippen molar-refractivity contribution in [1.29, 1.82) is 0 Å². The summed E-state index contributed by atoms with van der Waals surface area (Å²) in [6.07, 6.45) is 1.51. The summed E-state index contributed by atoms with van der Waals surface area (Å²) in [7, 11) is 0. The number of carbonyl (C=O) groups is 2. The second kappa shape index (κ2) is 5.05. The summed E-state index contributed by atoms with van der Waals surface area (Å²) in [5, 5.41) is 6.40. The van der Waals surface area contributed by atoms with E-state index in [0.29, 0.717) is 5.76 Å². The van der Waals surface area contributed by atoms with Gasteiger partial charge in [0.1, 0.15) is 12.1 Å². The molecule has 108 valence electrons. The van der Waals surface area contributed by atoms with Gasteiger partial charge in [0.2, 0.25) is 5.91 Å². The first-order chi connectivity index (χ1) is 10.1. The lowest BCUT2D eigenvalue weighted by Gasteiger charge is -2.39. The van der Waals surface area contributed by atoms with E-state index in [1.165, 1.54) is 11.1 Å². The fraction of sp³-hybridized carbons (Fsp3) is 0.267. The summed E-state index contributed by atoms with van der Waals surface area (Å²) >= 11 is 0. The van der Waals surface area contributed by atoms with E-state index >= 15 is 0 Å². The number of nitrogens with zero attached hydrogens (tertiary/aromatic N) is 2. The normalized spacial score (nSPS) is 22.2. The van der Waals surface area contributed by atoms with Gasteiger partial charge in [0, 0.05) is 6.07 Å². The standard InChI is InChI=1S/C15H15N3O3/c1-15(11-5-3-2-4-6-11)14(20)18(10-13(19)17-15)9-12-7-8-16-21-12/h2-8H,9-10H2,1H3,(H,17,19). The lowest BCUT2D eigenvalue weighted by atomic mass is 9.88. The lowest BCUT2D eigenvalue weighted by Crippen LogP contribution is -2.62. The van der Waals surface area contributed by atoms with Crippen LogP contribution in [0.2, 0.25) is 0 Å². The Kier molecular flexibility index (Phi) is 3.21. The van der Waals surface area contributed by atoms with E-state index in [-0.39, 0.29) is 24.9 Å². The summed E-state index contributed by atoms with van der Waals surface area (Å²) < 4.78 is 5.02. The van der Waals surface area contributed by atoms with E-state index in [1.807, 2.05) is 30.3 Å². The molecule has 0 saturated carbocycles. The third-order valence-corrected chi connectivity index (χ3v) is 3.63. The number of carbonyl (C=O) groups excluding carboxylic acids is 2. The van der Waals surface area contributed by atoms with Gasteiger partial charge in [0.15, 0.2) is 5.76 Å². The average Bonchev–Trinajstić information content (AvgIpc) is 2.98. The Labute approximate surface area is 121 Å². The molecule has 2 heterocycles. The van der Waals surface area contributed by atoms with Crippen LogP contribution in [0.5, 0.6) is 0 Å². The van der Waals surface area contributed by atoms with E-state index in [2.05, 4.69) is 10.5 Å². The van der Waals surface area contributed by atoms with Gasteiger partial charge in [-0.2, -0.15) is 0 Å². The second-order valence-electron chi connectivity index (χ2n) is 5.18. The zero-order chi connectivity index (χ0) is 14.9. The minimum Gasteiger partial charge on any atom is -0.360 e. The van der Waals surface area contributed by atoms with Crippen LogP contribution in [0.15, 0.2) is 47.1 Å². The van der Waals surface area contributed by atoms with Crippen LogP contribution in [0, 0.1) is 0 Å². The fourth-order valence-electron chi connectivity index (χ4n) is 2.54. The monoisotopic (exact) mass is 285 g/mol. The van der Waals surface area contributed by atoms with Crippen molar-refractivity contribution in [2.45, 2.75) is 19.0 Å². The minimum absolute atomic E-state index is 0.0158. The van der Waals surface area contributed by atoms with Gasteiger partial charge < -0.3 is 14.7 Å². The van der Waals surface area contributed by atoms with Gasteiger partial charge in [-0.05, 0) is 12.5 Å². The summed E-state index contributed by atoms with van der Waals surface area (Å²) in [5.41, 5.74) is -0.304. The highest BCUT2D eigenvalue weighted by Crippen LogP contribution is 2.27. The van der Waals surface area contributed by atoms with E-state index in [9.17, 15) is 9.59 Å². The molecule has 1 unspecified atom stereocenters. The Bertz CT molecular complexity index is 654. The number of piperazine rings is 1. The molecule has 6 nitrogen and oxygen atoms in total. The quantitative estimate of drug-likeness (QED) is 0.914. The summed E-state index contributed by atoms with van der Waals surface area (Å²) in [4.78, 5) is 26.2. The van der Waals surface area contributed by atoms with E-state index < -0.39 is 5.54 Å². The van der Waals surface area contributed by atoms with E-state index in [4.69, 9.17) is 4.52 Å². The maximum Gasteiger partial charge on any atom is 0.253 e. The van der Waals surface area contributed by atoms with Crippen LogP contribution in [0.25, 0.3) is 0 Å². The third kappa shape index (κ3) is 2.40. The number of hydrogen-bond donors (Lipinski definition) is 1. The average molecular weight is 285 g/mol. The number of aromatic nitrogens is 1. The van der Waals surface area contributed by atoms with Crippen molar-refractivity contribution in [3.05, 3.63) is 53.9 Å². The molecule has 1 saturated heterocycles. The maximum atomic E-state index is 12.8. The van der Waals surface area contributed by atoms with Gasteiger partial charge in [-0.25, -0.2) is 0 Å². The zero-order valence-electron chi connectivity index (χ0n) is 11.6. The topological polar surface area (TPSA) is 75.4 Å². The largest absolute Gasteiger partial charge is 0.360 e. The SMILES string of the molecule is CC1(c2ccccc2)NC(=O)CN(Cc2ccno2)C1=O.